The normalized spacial score (nSPS) is 10.0. The van der Waals surface area contributed by atoms with Crippen LogP contribution >= 0.6 is 11.6 Å². The molecule has 0 aliphatic rings. The van der Waals surface area contributed by atoms with Crippen LogP contribution in [0.15, 0.2) is 42.5 Å². The lowest BCUT2D eigenvalue weighted by molar-refractivity contribution is -0.121. The Labute approximate surface area is 163 Å². The second-order valence-corrected chi connectivity index (χ2v) is 6.05. The van der Waals surface area contributed by atoms with Crippen molar-refractivity contribution in [2.75, 3.05) is 31.4 Å². The molecule has 8 heteroatoms. The standard InChI is InChI=1S/C19H22ClN3O4/c1-26-17-8-5-14(20)11-16(17)21-10-9-18(24)22-12-13-3-6-15(7-4-13)23-19(25)27-2/h3-8,11,21H,9-10,12H2,1-2H3,(H,22,24)(H,23,25). The smallest absolute Gasteiger partial charge is 0.411 e. The van der Waals surface area contributed by atoms with Gasteiger partial charge in [-0.3, -0.25) is 10.1 Å². The summed E-state index contributed by atoms with van der Waals surface area (Å²) in [7, 11) is 2.88. The molecule has 144 valence electrons. The molecule has 0 aliphatic carbocycles. The average molecular weight is 392 g/mol. The first-order valence-corrected chi connectivity index (χ1v) is 8.67. The van der Waals surface area contributed by atoms with Gasteiger partial charge in [0.15, 0.2) is 0 Å². The molecule has 2 rings (SSSR count). The van der Waals surface area contributed by atoms with Gasteiger partial charge in [0, 0.05) is 30.2 Å². The predicted octanol–water partition coefficient (Wildman–Crippen LogP) is 3.65. The van der Waals surface area contributed by atoms with Crippen LogP contribution in [0, 0.1) is 0 Å². The average Bonchev–Trinajstić information content (AvgIpc) is 2.67. The molecule has 0 fully saturated rings. The summed E-state index contributed by atoms with van der Waals surface area (Å²) in [6.45, 7) is 0.850. The number of hydrogen-bond donors (Lipinski definition) is 3. The summed E-state index contributed by atoms with van der Waals surface area (Å²) in [5.41, 5.74) is 2.28. The lowest BCUT2D eigenvalue weighted by Gasteiger charge is -2.11. The summed E-state index contributed by atoms with van der Waals surface area (Å²) >= 11 is 5.98. The van der Waals surface area contributed by atoms with Crippen LogP contribution in [0.3, 0.4) is 0 Å². The van der Waals surface area contributed by atoms with Gasteiger partial charge < -0.3 is 20.1 Å². The van der Waals surface area contributed by atoms with Crippen LogP contribution in [0.5, 0.6) is 5.75 Å². The molecule has 0 saturated heterocycles. The minimum Gasteiger partial charge on any atom is -0.495 e. The summed E-state index contributed by atoms with van der Waals surface area (Å²) < 4.78 is 9.77. The molecule has 0 atom stereocenters. The van der Waals surface area contributed by atoms with Gasteiger partial charge in [-0.2, -0.15) is 0 Å². The van der Waals surface area contributed by atoms with Crippen LogP contribution < -0.4 is 20.7 Å². The molecule has 2 amide bonds. The van der Waals surface area contributed by atoms with Crippen molar-refractivity contribution in [3.63, 3.8) is 0 Å². The van der Waals surface area contributed by atoms with E-state index in [1.54, 1.807) is 37.4 Å². The molecule has 3 N–H and O–H groups in total. The lowest BCUT2D eigenvalue weighted by atomic mass is 10.2. The maximum Gasteiger partial charge on any atom is 0.411 e. The van der Waals surface area contributed by atoms with E-state index in [1.165, 1.54) is 7.11 Å². The number of benzene rings is 2. The summed E-state index contributed by atoms with van der Waals surface area (Å²) in [5.74, 6) is 0.584. The van der Waals surface area contributed by atoms with E-state index < -0.39 is 6.09 Å². The molecule has 27 heavy (non-hydrogen) atoms. The molecule has 0 spiro atoms. The Morgan fingerprint density at radius 1 is 1.07 bits per heavy atom. The molecular formula is C19H22ClN3O4. The largest absolute Gasteiger partial charge is 0.495 e. The molecule has 0 saturated carbocycles. The first kappa shape index (κ1) is 20.4. The molecule has 0 unspecified atom stereocenters. The van der Waals surface area contributed by atoms with E-state index in [1.807, 2.05) is 12.1 Å². The molecule has 0 aromatic heterocycles. The van der Waals surface area contributed by atoms with Crippen molar-refractivity contribution in [3.8, 4) is 5.75 Å². The van der Waals surface area contributed by atoms with Gasteiger partial charge in [0.2, 0.25) is 5.91 Å². The van der Waals surface area contributed by atoms with E-state index in [2.05, 4.69) is 20.7 Å². The molecule has 2 aromatic carbocycles. The Hall–Kier alpha value is -2.93. The SMILES string of the molecule is COC(=O)Nc1ccc(CNC(=O)CCNc2cc(Cl)ccc2OC)cc1. The first-order valence-electron chi connectivity index (χ1n) is 8.30. The first-order chi connectivity index (χ1) is 13.0. The zero-order chi connectivity index (χ0) is 19.6. The number of halogens is 1. The Kier molecular flexibility index (Phi) is 7.76. The van der Waals surface area contributed by atoms with Crippen molar-refractivity contribution in [2.45, 2.75) is 13.0 Å². The van der Waals surface area contributed by atoms with Crippen molar-refractivity contribution in [1.82, 2.24) is 5.32 Å². The van der Waals surface area contributed by atoms with Crippen LogP contribution in [-0.2, 0) is 16.1 Å². The van der Waals surface area contributed by atoms with Crippen molar-refractivity contribution >= 4 is 35.0 Å². The Balaban J connectivity index is 1.75. The van der Waals surface area contributed by atoms with Gasteiger partial charge >= 0.3 is 6.09 Å². The van der Waals surface area contributed by atoms with Crippen LogP contribution in [0.2, 0.25) is 5.02 Å². The fourth-order valence-corrected chi connectivity index (χ4v) is 2.47. The Morgan fingerprint density at radius 3 is 2.48 bits per heavy atom. The van der Waals surface area contributed by atoms with Gasteiger partial charge in [0.1, 0.15) is 5.75 Å². The highest BCUT2D eigenvalue weighted by atomic mass is 35.5. The number of ether oxygens (including phenoxy) is 2. The summed E-state index contributed by atoms with van der Waals surface area (Å²) in [6.07, 6.45) is -0.225. The van der Waals surface area contributed by atoms with Crippen molar-refractivity contribution in [2.24, 2.45) is 0 Å². The monoisotopic (exact) mass is 391 g/mol. The molecule has 7 nitrogen and oxygen atoms in total. The predicted molar refractivity (Wildman–Crippen MR) is 105 cm³/mol. The van der Waals surface area contributed by atoms with E-state index in [0.29, 0.717) is 36.0 Å². The number of amides is 2. The van der Waals surface area contributed by atoms with Gasteiger partial charge in [-0.25, -0.2) is 4.79 Å². The molecule has 0 heterocycles. The quantitative estimate of drug-likeness (QED) is 0.639. The van der Waals surface area contributed by atoms with Gasteiger partial charge in [0.05, 0.1) is 19.9 Å². The van der Waals surface area contributed by atoms with Gasteiger partial charge in [-0.15, -0.1) is 0 Å². The zero-order valence-corrected chi connectivity index (χ0v) is 15.9. The third-order valence-electron chi connectivity index (χ3n) is 3.70. The summed E-state index contributed by atoms with van der Waals surface area (Å²) in [6, 6.07) is 12.4. The lowest BCUT2D eigenvalue weighted by Crippen LogP contribution is -2.24. The minimum atomic E-state index is -0.528. The van der Waals surface area contributed by atoms with E-state index in [9.17, 15) is 9.59 Å². The van der Waals surface area contributed by atoms with Crippen LogP contribution in [0.4, 0.5) is 16.2 Å². The van der Waals surface area contributed by atoms with E-state index in [4.69, 9.17) is 16.3 Å². The van der Waals surface area contributed by atoms with E-state index >= 15 is 0 Å². The van der Waals surface area contributed by atoms with Crippen LogP contribution in [0.1, 0.15) is 12.0 Å². The Bertz CT molecular complexity index is 781. The second kappa shape index (κ2) is 10.3. The number of rotatable bonds is 8. The number of carbonyl (C=O) groups is 2. The van der Waals surface area contributed by atoms with Crippen molar-refractivity contribution in [1.29, 1.82) is 0 Å². The number of methoxy groups -OCH3 is 2. The van der Waals surface area contributed by atoms with Gasteiger partial charge in [-0.1, -0.05) is 23.7 Å². The van der Waals surface area contributed by atoms with Crippen molar-refractivity contribution < 1.29 is 19.1 Å². The maximum atomic E-state index is 12.0. The number of carbonyl (C=O) groups excluding carboxylic acids is 2. The highest BCUT2D eigenvalue weighted by Crippen LogP contribution is 2.27. The number of anilines is 2. The molecule has 0 aliphatic heterocycles. The molecule has 2 aromatic rings. The number of nitrogens with one attached hydrogen (secondary N) is 3. The van der Waals surface area contributed by atoms with Crippen LogP contribution in [-0.4, -0.2) is 32.8 Å². The topological polar surface area (TPSA) is 88.7 Å². The summed E-state index contributed by atoms with van der Waals surface area (Å²) in [4.78, 5) is 23.1. The van der Waals surface area contributed by atoms with E-state index in [0.717, 1.165) is 11.3 Å². The Morgan fingerprint density at radius 2 is 1.81 bits per heavy atom. The molecule has 0 radical (unpaired) electrons. The van der Waals surface area contributed by atoms with Crippen LogP contribution in [0.25, 0.3) is 0 Å². The fourth-order valence-electron chi connectivity index (χ4n) is 2.29. The minimum absolute atomic E-state index is 0.0831. The van der Waals surface area contributed by atoms with E-state index in [-0.39, 0.29) is 5.91 Å². The highest BCUT2D eigenvalue weighted by molar-refractivity contribution is 6.30. The highest BCUT2D eigenvalue weighted by Gasteiger charge is 2.06. The molecular weight excluding hydrogens is 370 g/mol. The fraction of sp³-hybridized carbons (Fsp3) is 0.263. The third-order valence-corrected chi connectivity index (χ3v) is 3.94. The van der Waals surface area contributed by atoms with Crippen molar-refractivity contribution in [3.05, 3.63) is 53.1 Å². The second-order valence-electron chi connectivity index (χ2n) is 5.61. The molecule has 0 bridgehead atoms. The third kappa shape index (κ3) is 6.71. The summed E-state index contributed by atoms with van der Waals surface area (Å²) in [5, 5.41) is 9.15. The zero-order valence-electron chi connectivity index (χ0n) is 15.2. The number of hydrogen-bond acceptors (Lipinski definition) is 5. The van der Waals surface area contributed by atoms with Gasteiger partial charge in [-0.05, 0) is 35.9 Å². The van der Waals surface area contributed by atoms with Gasteiger partial charge in [0.25, 0.3) is 0 Å². The maximum absolute atomic E-state index is 12.0.